The molecule has 276 valence electrons. The highest BCUT2D eigenvalue weighted by Crippen LogP contribution is 2.33. The van der Waals surface area contributed by atoms with E-state index in [9.17, 15) is 24.0 Å². The molecule has 13 nitrogen and oxygen atoms in total. The molecule has 5 N–H and O–H groups in total. The van der Waals surface area contributed by atoms with Gasteiger partial charge in [0.2, 0.25) is 17.7 Å². The summed E-state index contributed by atoms with van der Waals surface area (Å²) in [4.78, 5) is 76.0. The summed E-state index contributed by atoms with van der Waals surface area (Å²) in [6.07, 6.45) is 11.0. The van der Waals surface area contributed by atoms with Crippen molar-refractivity contribution in [1.82, 2.24) is 25.2 Å². The van der Waals surface area contributed by atoms with Crippen LogP contribution in [0.15, 0.2) is 85.3 Å². The van der Waals surface area contributed by atoms with Gasteiger partial charge in [0.15, 0.2) is 0 Å². The van der Waals surface area contributed by atoms with Crippen molar-refractivity contribution in [1.29, 1.82) is 0 Å². The highest BCUT2D eigenvalue weighted by molar-refractivity contribution is 6.25. The van der Waals surface area contributed by atoms with Crippen LogP contribution in [0.5, 0.6) is 0 Å². The number of carbonyl (C=O) groups is 5. The summed E-state index contributed by atoms with van der Waals surface area (Å²) in [5.74, 6) is -1.41. The van der Waals surface area contributed by atoms with Crippen molar-refractivity contribution in [3.8, 4) is 11.3 Å². The molecule has 3 aromatic carbocycles. The first kappa shape index (κ1) is 36.0. The molecule has 2 aliphatic heterocycles. The number of hydrogen-bond acceptors (Lipinski definition) is 9. The third-order valence-corrected chi connectivity index (χ3v) is 9.82. The number of hydrogen-bond donors (Lipinski definition) is 5. The standard InChI is InChI=1S/C41H42N8O5/c50-36(47-27-13-10-12-26(22-27)46-35-23-33(44-25-45-35)30-24-43-31-16-8-7-14-28(30)31)18-6-4-2-1-3-5-9-21-42-32-17-11-15-29-38(32)41(54)49(40(29)53)34-19-20-37(51)48-39(34)52/h7-8,10-17,22-25,34,42-43H,1-6,9,18-21H2,(H,47,50)(H,44,45,46)(H,48,51,52). The van der Waals surface area contributed by atoms with E-state index < -0.39 is 29.7 Å². The third-order valence-electron chi connectivity index (χ3n) is 9.82. The molecule has 0 radical (unpaired) electrons. The van der Waals surface area contributed by atoms with Gasteiger partial charge in [0.1, 0.15) is 18.2 Å². The molecule has 1 atom stereocenters. The molecule has 1 saturated heterocycles. The zero-order chi connectivity index (χ0) is 37.4. The van der Waals surface area contributed by atoms with Crippen LogP contribution in [0.25, 0.3) is 22.2 Å². The van der Waals surface area contributed by atoms with Crippen LogP contribution in [0.1, 0.15) is 84.9 Å². The van der Waals surface area contributed by atoms with Gasteiger partial charge in [-0.15, -0.1) is 0 Å². The number of anilines is 4. The Bertz CT molecular complexity index is 2210. The van der Waals surface area contributed by atoms with Crippen molar-refractivity contribution in [3.05, 3.63) is 96.4 Å². The Balaban J connectivity index is 0.784. The molecule has 1 fully saturated rings. The fraction of sp³-hybridized carbons (Fsp3) is 0.293. The Kier molecular flexibility index (Phi) is 11.0. The smallest absolute Gasteiger partial charge is 0.264 e. The predicted molar refractivity (Wildman–Crippen MR) is 206 cm³/mol. The number of aromatic nitrogens is 3. The summed E-state index contributed by atoms with van der Waals surface area (Å²) in [5.41, 5.74) is 5.49. The Labute approximate surface area is 312 Å². The number of imide groups is 2. The molecule has 5 amide bonds. The average Bonchev–Trinajstić information content (AvgIpc) is 3.71. The van der Waals surface area contributed by atoms with Crippen LogP contribution >= 0.6 is 0 Å². The first-order valence-corrected chi connectivity index (χ1v) is 18.5. The van der Waals surface area contributed by atoms with Crippen LogP contribution in [-0.4, -0.2) is 62.0 Å². The van der Waals surface area contributed by atoms with Gasteiger partial charge in [-0.1, -0.05) is 62.4 Å². The number of benzene rings is 3. The normalized spacial score (nSPS) is 15.3. The minimum Gasteiger partial charge on any atom is -0.384 e. The topological polar surface area (TPSA) is 178 Å². The summed E-state index contributed by atoms with van der Waals surface area (Å²) in [6, 6.07) is 21.7. The second-order valence-corrected chi connectivity index (χ2v) is 13.6. The van der Waals surface area contributed by atoms with E-state index in [4.69, 9.17) is 0 Å². The maximum Gasteiger partial charge on any atom is 0.264 e. The quantitative estimate of drug-likeness (QED) is 0.0532. The molecule has 2 aromatic heterocycles. The van der Waals surface area contributed by atoms with Crippen LogP contribution in [0.3, 0.4) is 0 Å². The number of carbonyl (C=O) groups excluding carboxylic acids is 5. The van der Waals surface area contributed by atoms with Crippen molar-refractivity contribution in [3.63, 3.8) is 0 Å². The van der Waals surface area contributed by atoms with Crippen molar-refractivity contribution < 1.29 is 24.0 Å². The highest BCUT2D eigenvalue weighted by Gasteiger charge is 2.45. The molecular weight excluding hydrogens is 685 g/mol. The number of para-hydroxylation sites is 1. The van der Waals surface area contributed by atoms with Crippen molar-refractivity contribution in [2.75, 3.05) is 22.5 Å². The van der Waals surface area contributed by atoms with E-state index >= 15 is 0 Å². The Morgan fingerprint density at radius 1 is 0.796 bits per heavy atom. The molecule has 0 saturated carbocycles. The molecule has 0 bridgehead atoms. The summed E-state index contributed by atoms with van der Waals surface area (Å²) in [6.45, 7) is 0.637. The van der Waals surface area contributed by atoms with Crippen LogP contribution < -0.4 is 21.3 Å². The van der Waals surface area contributed by atoms with Gasteiger partial charge in [0.05, 0.1) is 16.8 Å². The second-order valence-electron chi connectivity index (χ2n) is 13.6. The van der Waals surface area contributed by atoms with Gasteiger partial charge in [-0.25, -0.2) is 9.97 Å². The van der Waals surface area contributed by atoms with Gasteiger partial charge in [-0.3, -0.25) is 34.2 Å². The van der Waals surface area contributed by atoms with Gasteiger partial charge in [0.25, 0.3) is 11.8 Å². The predicted octanol–water partition coefficient (Wildman–Crippen LogP) is 6.94. The van der Waals surface area contributed by atoms with Gasteiger partial charge in [-0.2, -0.15) is 0 Å². The zero-order valence-corrected chi connectivity index (χ0v) is 29.8. The monoisotopic (exact) mass is 726 g/mol. The lowest BCUT2D eigenvalue weighted by Gasteiger charge is -2.27. The van der Waals surface area contributed by atoms with Crippen molar-refractivity contribution in [2.24, 2.45) is 0 Å². The van der Waals surface area contributed by atoms with Gasteiger partial charge in [0, 0.05) is 65.2 Å². The number of nitrogens with zero attached hydrogens (tertiary/aromatic N) is 3. The van der Waals surface area contributed by atoms with Gasteiger partial charge < -0.3 is 20.9 Å². The molecule has 4 heterocycles. The number of fused-ring (bicyclic) bond motifs is 2. The average molecular weight is 727 g/mol. The lowest BCUT2D eigenvalue weighted by Crippen LogP contribution is -2.54. The Morgan fingerprint density at radius 2 is 1.57 bits per heavy atom. The van der Waals surface area contributed by atoms with E-state index in [1.54, 1.807) is 18.2 Å². The van der Waals surface area contributed by atoms with E-state index in [0.29, 0.717) is 30.2 Å². The first-order valence-electron chi connectivity index (χ1n) is 18.5. The van der Waals surface area contributed by atoms with Crippen LogP contribution in [0, 0.1) is 0 Å². The number of H-pyrrole nitrogens is 1. The van der Waals surface area contributed by atoms with Crippen molar-refractivity contribution >= 4 is 63.3 Å². The lowest BCUT2D eigenvalue weighted by atomic mass is 10.0. The van der Waals surface area contributed by atoms with Crippen LogP contribution in [-0.2, 0) is 14.4 Å². The summed E-state index contributed by atoms with van der Waals surface area (Å²) in [7, 11) is 0. The molecule has 7 rings (SSSR count). The molecule has 54 heavy (non-hydrogen) atoms. The van der Waals surface area contributed by atoms with E-state index in [1.165, 1.54) is 6.33 Å². The fourth-order valence-electron chi connectivity index (χ4n) is 7.08. The van der Waals surface area contributed by atoms with Crippen LogP contribution in [0.2, 0.25) is 0 Å². The molecule has 2 aliphatic rings. The molecule has 0 spiro atoms. The van der Waals surface area contributed by atoms with E-state index in [1.807, 2.05) is 54.7 Å². The molecule has 1 unspecified atom stereocenters. The minimum absolute atomic E-state index is 0.0188. The Morgan fingerprint density at radius 3 is 2.43 bits per heavy atom. The minimum atomic E-state index is -0.985. The summed E-state index contributed by atoms with van der Waals surface area (Å²) >= 11 is 0. The number of rotatable bonds is 16. The number of nitrogens with one attached hydrogen (secondary N) is 5. The fourth-order valence-corrected chi connectivity index (χ4v) is 7.08. The maximum atomic E-state index is 13.3. The highest BCUT2D eigenvalue weighted by atomic mass is 16.2. The molecular formula is C41H42N8O5. The number of unbranched alkanes of at least 4 members (excludes halogenated alkanes) is 6. The van der Waals surface area contributed by atoms with Crippen molar-refractivity contribution in [2.45, 2.75) is 70.3 Å². The molecule has 13 heteroatoms. The Hall–Kier alpha value is -6.37. The second kappa shape index (κ2) is 16.5. The lowest BCUT2D eigenvalue weighted by molar-refractivity contribution is -0.136. The van der Waals surface area contributed by atoms with Gasteiger partial charge >= 0.3 is 0 Å². The third kappa shape index (κ3) is 8.15. The van der Waals surface area contributed by atoms with E-state index in [0.717, 1.165) is 77.7 Å². The van der Waals surface area contributed by atoms with E-state index in [2.05, 4.69) is 42.3 Å². The number of piperidine rings is 1. The zero-order valence-electron chi connectivity index (χ0n) is 29.8. The number of amides is 5. The SMILES string of the molecule is O=C1CCC(N2C(=O)c3cccc(NCCCCCCCCCC(=O)Nc4cccc(Nc5cc(-c6c[nH]c7ccccc67)ncn5)c4)c3C2=O)C(=O)N1. The van der Waals surface area contributed by atoms with Crippen LogP contribution in [0.4, 0.5) is 22.9 Å². The van der Waals surface area contributed by atoms with Gasteiger partial charge in [-0.05, 0) is 55.7 Å². The van der Waals surface area contributed by atoms with E-state index in [-0.39, 0.29) is 29.9 Å². The first-order chi connectivity index (χ1) is 26.4. The summed E-state index contributed by atoms with van der Waals surface area (Å²) in [5, 5.41) is 12.9. The molecule has 5 aromatic rings. The molecule has 0 aliphatic carbocycles. The largest absolute Gasteiger partial charge is 0.384 e. The number of aromatic amines is 1. The maximum absolute atomic E-state index is 13.3. The summed E-state index contributed by atoms with van der Waals surface area (Å²) < 4.78 is 0.